The minimum Gasteiger partial charge on any atom is -0.363 e. The van der Waals surface area contributed by atoms with Crippen molar-refractivity contribution in [3.8, 4) is 0 Å². The Morgan fingerprint density at radius 2 is 1.70 bits per heavy atom. The van der Waals surface area contributed by atoms with E-state index in [0.29, 0.717) is 25.2 Å². The van der Waals surface area contributed by atoms with E-state index in [2.05, 4.69) is 0 Å². The van der Waals surface area contributed by atoms with Crippen LogP contribution in [0.15, 0.2) is 12.1 Å². The van der Waals surface area contributed by atoms with Gasteiger partial charge in [-0.05, 0) is 0 Å². The summed E-state index contributed by atoms with van der Waals surface area (Å²) in [5.74, 6) is -2.02. The molecule has 0 aliphatic carbocycles. The summed E-state index contributed by atoms with van der Waals surface area (Å²) in [6, 6.07) is 1.41. The molecule has 0 N–H and O–H groups in total. The fourth-order valence-corrected chi connectivity index (χ4v) is 2.20. The molecule has 1 aliphatic heterocycles. The number of piperazine rings is 1. The van der Waals surface area contributed by atoms with Crippen LogP contribution in [0.2, 0.25) is 0 Å². The topological polar surface area (TPSA) is 66.7 Å². The highest BCUT2D eigenvalue weighted by molar-refractivity contribution is 5.73. The number of non-ortho nitro benzene ring substituents is 1. The van der Waals surface area contributed by atoms with Gasteiger partial charge in [-0.3, -0.25) is 14.9 Å². The number of carbonyl (C=O) groups excluding carboxylic acids is 1. The molecule has 1 amide bonds. The minimum atomic E-state index is -0.965. The van der Waals surface area contributed by atoms with Gasteiger partial charge in [-0.15, -0.1) is 0 Å². The lowest BCUT2D eigenvalue weighted by Gasteiger charge is -2.35. The van der Waals surface area contributed by atoms with Crippen LogP contribution in [-0.2, 0) is 4.79 Å². The summed E-state index contributed by atoms with van der Waals surface area (Å²) in [6.07, 6.45) is 0. The van der Waals surface area contributed by atoms with Gasteiger partial charge in [0, 0.05) is 33.1 Å². The summed E-state index contributed by atoms with van der Waals surface area (Å²) in [5, 5.41) is 10.5. The van der Waals surface area contributed by atoms with Crippen molar-refractivity contribution in [2.75, 3.05) is 31.1 Å². The van der Waals surface area contributed by atoms with Gasteiger partial charge in [0.25, 0.3) is 5.69 Å². The number of benzene rings is 1. The molecule has 20 heavy (non-hydrogen) atoms. The van der Waals surface area contributed by atoms with Gasteiger partial charge in [0.15, 0.2) is 11.6 Å². The lowest BCUT2D eigenvalue weighted by molar-refractivity contribution is -0.385. The molecule has 6 nitrogen and oxygen atoms in total. The normalized spacial score (nSPS) is 15.3. The Labute approximate surface area is 113 Å². The van der Waals surface area contributed by atoms with Gasteiger partial charge >= 0.3 is 0 Å². The van der Waals surface area contributed by atoms with E-state index in [-0.39, 0.29) is 24.7 Å². The number of carbonyl (C=O) groups is 1. The summed E-state index contributed by atoms with van der Waals surface area (Å²) in [5.41, 5.74) is -0.898. The second-order valence-corrected chi connectivity index (χ2v) is 4.51. The Hall–Kier alpha value is -2.25. The van der Waals surface area contributed by atoms with Crippen molar-refractivity contribution in [1.29, 1.82) is 0 Å². The zero-order chi connectivity index (χ0) is 14.9. The number of hydrogen-bond donors (Lipinski definition) is 0. The van der Waals surface area contributed by atoms with Crippen molar-refractivity contribution >= 4 is 17.3 Å². The standard InChI is InChI=1S/C12H13F2N3O3/c1-8(18)15-2-4-16(5-3-15)12-10(13)6-9(17(19)20)7-11(12)14/h6-7H,2-5H2,1H3. The zero-order valence-electron chi connectivity index (χ0n) is 10.8. The first-order valence-electron chi connectivity index (χ1n) is 6.04. The van der Waals surface area contributed by atoms with Crippen LogP contribution in [0.4, 0.5) is 20.2 Å². The molecule has 8 heteroatoms. The van der Waals surface area contributed by atoms with E-state index in [1.165, 1.54) is 11.8 Å². The molecule has 1 saturated heterocycles. The number of halogens is 2. The molecule has 0 spiro atoms. The third-order valence-corrected chi connectivity index (χ3v) is 3.25. The fourth-order valence-electron chi connectivity index (χ4n) is 2.20. The Morgan fingerprint density at radius 1 is 1.20 bits per heavy atom. The van der Waals surface area contributed by atoms with Gasteiger partial charge in [0.1, 0.15) is 5.69 Å². The third kappa shape index (κ3) is 2.68. The second kappa shape index (κ2) is 5.40. The Balaban J connectivity index is 2.22. The molecule has 108 valence electrons. The molecule has 1 aliphatic rings. The smallest absolute Gasteiger partial charge is 0.275 e. The van der Waals surface area contributed by atoms with Crippen LogP contribution in [0.25, 0.3) is 0 Å². The van der Waals surface area contributed by atoms with Crippen molar-refractivity contribution < 1.29 is 18.5 Å². The highest BCUT2D eigenvalue weighted by Gasteiger charge is 2.25. The van der Waals surface area contributed by atoms with Crippen LogP contribution in [0.3, 0.4) is 0 Å². The average Bonchev–Trinajstić information content (AvgIpc) is 2.38. The maximum absolute atomic E-state index is 13.8. The van der Waals surface area contributed by atoms with Gasteiger partial charge < -0.3 is 9.80 Å². The molecule has 0 saturated carbocycles. The molecule has 2 rings (SSSR count). The number of anilines is 1. The highest BCUT2D eigenvalue weighted by atomic mass is 19.1. The molecule has 0 radical (unpaired) electrons. The largest absolute Gasteiger partial charge is 0.363 e. The van der Waals surface area contributed by atoms with Gasteiger partial charge in [0.05, 0.1) is 17.1 Å². The zero-order valence-corrected chi connectivity index (χ0v) is 10.8. The molecule has 1 fully saturated rings. The summed E-state index contributed by atoms with van der Waals surface area (Å²) in [4.78, 5) is 23.9. The quantitative estimate of drug-likeness (QED) is 0.610. The molecule has 1 heterocycles. The van der Waals surface area contributed by atoms with Gasteiger partial charge in [-0.25, -0.2) is 8.78 Å². The van der Waals surface area contributed by atoms with Crippen molar-refractivity contribution in [3.63, 3.8) is 0 Å². The SMILES string of the molecule is CC(=O)N1CCN(c2c(F)cc([N+](=O)[O-])cc2F)CC1. The Bertz CT molecular complexity index is 534. The van der Waals surface area contributed by atoms with E-state index >= 15 is 0 Å². The average molecular weight is 285 g/mol. The lowest BCUT2D eigenvalue weighted by Crippen LogP contribution is -2.48. The highest BCUT2D eigenvalue weighted by Crippen LogP contribution is 2.28. The monoisotopic (exact) mass is 285 g/mol. The predicted octanol–water partition coefficient (Wildman–Crippen LogP) is 1.54. The van der Waals surface area contributed by atoms with E-state index in [9.17, 15) is 23.7 Å². The molecule has 0 bridgehead atoms. The predicted molar refractivity (Wildman–Crippen MR) is 67.5 cm³/mol. The van der Waals surface area contributed by atoms with E-state index in [1.807, 2.05) is 0 Å². The Kier molecular flexibility index (Phi) is 3.82. The number of rotatable bonds is 2. The molecule has 1 aromatic rings. The van der Waals surface area contributed by atoms with Gasteiger partial charge in [-0.1, -0.05) is 0 Å². The number of nitrogens with zero attached hydrogens (tertiary/aromatic N) is 3. The van der Waals surface area contributed by atoms with Gasteiger partial charge in [-0.2, -0.15) is 0 Å². The molecular weight excluding hydrogens is 272 g/mol. The summed E-state index contributed by atoms with van der Waals surface area (Å²) in [6.45, 7) is 2.73. The van der Waals surface area contributed by atoms with Crippen molar-refractivity contribution in [3.05, 3.63) is 33.9 Å². The first kappa shape index (κ1) is 14.2. The van der Waals surface area contributed by atoms with Crippen molar-refractivity contribution in [2.45, 2.75) is 6.92 Å². The van der Waals surface area contributed by atoms with Crippen molar-refractivity contribution in [2.24, 2.45) is 0 Å². The molecular formula is C12H13F2N3O3. The van der Waals surface area contributed by atoms with Crippen LogP contribution >= 0.6 is 0 Å². The van der Waals surface area contributed by atoms with Crippen LogP contribution in [0.5, 0.6) is 0 Å². The van der Waals surface area contributed by atoms with Crippen LogP contribution in [0, 0.1) is 21.7 Å². The molecule has 0 atom stereocenters. The van der Waals surface area contributed by atoms with E-state index < -0.39 is 22.2 Å². The summed E-state index contributed by atoms with van der Waals surface area (Å²) >= 11 is 0. The van der Waals surface area contributed by atoms with E-state index in [1.54, 1.807) is 4.90 Å². The molecule has 0 aromatic heterocycles. The Morgan fingerprint density at radius 3 is 2.10 bits per heavy atom. The molecule has 1 aromatic carbocycles. The van der Waals surface area contributed by atoms with E-state index in [0.717, 1.165) is 0 Å². The lowest BCUT2D eigenvalue weighted by atomic mass is 10.2. The number of amides is 1. The van der Waals surface area contributed by atoms with E-state index in [4.69, 9.17) is 0 Å². The summed E-state index contributed by atoms with van der Waals surface area (Å²) < 4.78 is 27.7. The van der Waals surface area contributed by atoms with Crippen LogP contribution in [-0.4, -0.2) is 41.9 Å². The van der Waals surface area contributed by atoms with Crippen LogP contribution in [0.1, 0.15) is 6.92 Å². The minimum absolute atomic E-state index is 0.0886. The number of nitro benzene ring substituents is 1. The number of nitro groups is 1. The van der Waals surface area contributed by atoms with Gasteiger partial charge in [0.2, 0.25) is 5.91 Å². The fraction of sp³-hybridized carbons (Fsp3) is 0.417. The molecule has 0 unspecified atom stereocenters. The van der Waals surface area contributed by atoms with Crippen LogP contribution < -0.4 is 4.90 Å². The third-order valence-electron chi connectivity index (χ3n) is 3.25. The first-order valence-corrected chi connectivity index (χ1v) is 6.04. The van der Waals surface area contributed by atoms with Crippen molar-refractivity contribution in [1.82, 2.24) is 4.90 Å². The number of hydrogen-bond acceptors (Lipinski definition) is 4. The maximum atomic E-state index is 13.8. The summed E-state index contributed by atoms with van der Waals surface area (Å²) in [7, 11) is 0. The first-order chi connectivity index (χ1) is 9.40. The maximum Gasteiger partial charge on any atom is 0.275 e. The second-order valence-electron chi connectivity index (χ2n) is 4.51.